The summed E-state index contributed by atoms with van der Waals surface area (Å²) in [7, 11) is 0. The molecule has 1 heterocycles. The highest BCUT2D eigenvalue weighted by Crippen LogP contribution is 2.27. The number of nitrogens with zero attached hydrogens (tertiary/aromatic N) is 3. The maximum absolute atomic E-state index is 12.2. The van der Waals surface area contributed by atoms with E-state index in [0.29, 0.717) is 0 Å². The van der Waals surface area contributed by atoms with E-state index in [1.54, 1.807) is 20.8 Å². The van der Waals surface area contributed by atoms with E-state index >= 15 is 0 Å². The average molecular weight is 204 g/mol. The van der Waals surface area contributed by atoms with Gasteiger partial charge in [0.1, 0.15) is 5.82 Å². The molecule has 6 heteroatoms. The standard InChI is InChI=1S/C8H9F3N3/c1-7(2,3)5-12-4-13-6(14-5)8(9,10)11/h1-3H3. The largest absolute Gasteiger partial charge is 0.451 e. The first-order valence-electron chi connectivity index (χ1n) is 3.91. The SMILES string of the molecule is CC(C)(C)c1n[c]nc(C(F)(F)F)n1. The summed E-state index contributed by atoms with van der Waals surface area (Å²) in [5, 5.41) is 0. The fourth-order valence-corrected chi connectivity index (χ4v) is 0.732. The molecule has 0 aromatic carbocycles. The van der Waals surface area contributed by atoms with E-state index in [1.165, 1.54) is 0 Å². The molecule has 0 saturated heterocycles. The second kappa shape index (κ2) is 3.18. The number of hydrogen-bond donors (Lipinski definition) is 0. The molecule has 1 aromatic rings. The van der Waals surface area contributed by atoms with Gasteiger partial charge in [-0.3, -0.25) is 0 Å². The topological polar surface area (TPSA) is 38.7 Å². The molecule has 0 aliphatic carbocycles. The summed E-state index contributed by atoms with van der Waals surface area (Å²) < 4.78 is 36.5. The molecule has 77 valence electrons. The molecule has 1 aromatic heterocycles. The number of rotatable bonds is 0. The van der Waals surface area contributed by atoms with Crippen LogP contribution in [0.25, 0.3) is 0 Å². The van der Waals surface area contributed by atoms with Gasteiger partial charge in [0.05, 0.1) is 0 Å². The summed E-state index contributed by atoms with van der Waals surface area (Å²) in [5.41, 5.74) is -0.542. The lowest BCUT2D eigenvalue weighted by Crippen LogP contribution is -2.21. The summed E-state index contributed by atoms with van der Waals surface area (Å²) >= 11 is 0. The second-order valence-corrected chi connectivity index (χ2v) is 3.83. The highest BCUT2D eigenvalue weighted by molar-refractivity contribution is 5.03. The first-order valence-corrected chi connectivity index (χ1v) is 3.91. The number of hydrogen-bond acceptors (Lipinski definition) is 3. The summed E-state index contributed by atoms with van der Waals surface area (Å²) in [6.07, 6.45) is -2.58. The van der Waals surface area contributed by atoms with Gasteiger partial charge in [-0.2, -0.15) is 13.2 Å². The second-order valence-electron chi connectivity index (χ2n) is 3.83. The Kier molecular flexibility index (Phi) is 2.47. The predicted molar refractivity (Wildman–Crippen MR) is 42.4 cm³/mol. The lowest BCUT2D eigenvalue weighted by Gasteiger charge is -2.16. The zero-order chi connectivity index (χ0) is 11.0. The molecular weight excluding hydrogens is 195 g/mol. The molecular formula is C8H9F3N3. The summed E-state index contributed by atoms with van der Waals surface area (Å²) in [6, 6.07) is 0. The zero-order valence-electron chi connectivity index (χ0n) is 7.98. The molecule has 1 rings (SSSR count). The first-order chi connectivity index (χ1) is 6.21. The van der Waals surface area contributed by atoms with Crippen molar-refractivity contribution in [3.05, 3.63) is 18.0 Å². The summed E-state index contributed by atoms with van der Waals surface area (Å²) in [6.45, 7) is 5.16. The number of alkyl halides is 3. The van der Waals surface area contributed by atoms with Gasteiger partial charge in [0.15, 0.2) is 0 Å². The third-order valence-corrected chi connectivity index (χ3v) is 1.45. The molecule has 0 aliphatic rings. The third kappa shape index (κ3) is 2.40. The molecule has 0 atom stereocenters. The summed E-state index contributed by atoms with van der Waals surface area (Å²) in [4.78, 5) is 9.87. The molecule has 0 saturated carbocycles. The highest BCUT2D eigenvalue weighted by Gasteiger charge is 2.36. The van der Waals surface area contributed by atoms with E-state index in [4.69, 9.17) is 0 Å². The van der Waals surface area contributed by atoms with E-state index in [1.807, 2.05) is 6.33 Å². The minimum Gasteiger partial charge on any atom is -0.209 e. The van der Waals surface area contributed by atoms with Crippen LogP contribution in [0.15, 0.2) is 0 Å². The third-order valence-electron chi connectivity index (χ3n) is 1.45. The van der Waals surface area contributed by atoms with Gasteiger partial charge in [-0.1, -0.05) is 20.8 Å². The Bertz CT molecular complexity index is 298. The van der Waals surface area contributed by atoms with E-state index in [0.717, 1.165) is 0 Å². The molecule has 1 radical (unpaired) electrons. The van der Waals surface area contributed by atoms with Crippen LogP contribution >= 0.6 is 0 Å². The smallest absolute Gasteiger partial charge is 0.209 e. The van der Waals surface area contributed by atoms with Crippen LogP contribution in [0.3, 0.4) is 0 Å². The maximum atomic E-state index is 12.2. The van der Waals surface area contributed by atoms with Gasteiger partial charge in [0, 0.05) is 5.41 Å². The molecule has 3 nitrogen and oxygen atoms in total. The van der Waals surface area contributed by atoms with Crippen molar-refractivity contribution >= 4 is 0 Å². The fourth-order valence-electron chi connectivity index (χ4n) is 0.732. The average Bonchev–Trinajstić information content (AvgIpc) is 2.01. The van der Waals surface area contributed by atoms with Crippen molar-refractivity contribution in [3.8, 4) is 0 Å². The molecule has 0 amide bonds. The molecule has 0 aliphatic heterocycles. The van der Waals surface area contributed by atoms with E-state index < -0.39 is 17.4 Å². The van der Waals surface area contributed by atoms with Crippen LogP contribution in [0.2, 0.25) is 0 Å². The van der Waals surface area contributed by atoms with Crippen molar-refractivity contribution in [2.45, 2.75) is 32.4 Å². The molecule has 0 spiro atoms. The van der Waals surface area contributed by atoms with Gasteiger partial charge in [0.2, 0.25) is 12.2 Å². The van der Waals surface area contributed by atoms with Crippen LogP contribution in [-0.4, -0.2) is 15.0 Å². The number of halogens is 3. The lowest BCUT2D eigenvalue weighted by molar-refractivity contribution is -0.145. The first kappa shape index (κ1) is 10.9. The Labute approximate surface area is 79.4 Å². The quantitative estimate of drug-likeness (QED) is 0.648. The van der Waals surface area contributed by atoms with Crippen LogP contribution < -0.4 is 0 Å². The zero-order valence-corrected chi connectivity index (χ0v) is 7.98. The van der Waals surface area contributed by atoms with Crippen molar-refractivity contribution in [3.63, 3.8) is 0 Å². The van der Waals surface area contributed by atoms with Gasteiger partial charge in [-0.25, -0.2) is 15.0 Å². The molecule has 0 bridgehead atoms. The lowest BCUT2D eigenvalue weighted by atomic mass is 9.96. The van der Waals surface area contributed by atoms with E-state index in [2.05, 4.69) is 15.0 Å². The monoisotopic (exact) mass is 204 g/mol. The van der Waals surface area contributed by atoms with Gasteiger partial charge < -0.3 is 0 Å². The van der Waals surface area contributed by atoms with Gasteiger partial charge in [0.25, 0.3) is 0 Å². The molecule has 0 unspecified atom stereocenters. The Hall–Kier alpha value is -1.20. The Balaban J connectivity index is 3.15. The summed E-state index contributed by atoms with van der Waals surface area (Å²) in [5.74, 6) is -1.11. The maximum Gasteiger partial charge on any atom is 0.451 e. The Morgan fingerprint density at radius 1 is 1.00 bits per heavy atom. The van der Waals surface area contributed by atoms with Crippen LogP contribution in [0.1, 0.15) is 32.4 Å². The molecule has 0 fully saturated rings. The van der Waals surface area contributed by atoms with Crippen molar-refractivity contribution in [2.24, 2.45) is 0 Å². The van der Waals surface area contributed by atoms with Gasteiger partial charge >= 0.3 is 6.18 Å². The van der Waals surface area contributed by atoms with Crippen molar-refractivity contribution < 1.29 is 13.2 Å². The van der Waals surface area contributed by atoms with Crippen molar-refractivity contribution in [1.82, 2.24) is 15.0 Å². The number of aromatic nitrogens is 3. The van der Waals surface area contributed by atoms with E-state index in [-0.39, 0.29) is 5.82 Å². The fraction of sp³-hybridized carbons (Fsp3) is 0.625. The van der Waals surface area contributed by atoms with Crippen LogP contribution in [0.4, 0.5) is 13.2 Å². The Morgan fingerprint density at radius 2 is 1.50 bits per heavy atom. The minimum atomic E-state index is -4.54. The predicted octanol–water partition coefficient (Wildman–Crippen LogP) is 1.99. The minimum absolute atomic E-state index is 0.0832. The van der Waals surface area contributed by atoms with Crippen LogP contribution in [0.5, 0.6) is 0 Å². The van der Waals surface area contributed by atoms with Gasteiger partial charge in [-0.15, -0.1) is 0 Å². The van der Waals surface area contributed by atoms with Crippen molar-refractivity contribution in [2.75, 3.05) is 0 Å². The highest BCUT2D eigenvalue weighted by atomic mass is 19.4. The molecule has 0 N–H and O–H groups in total. The Morgan fingerprint density at radius 3 is 1.93 bits per heavy atom. The van der Waals surface area contributed by atoms with E-state index in [9.17, 15) is 13.2 Å². The van der Waals surface area contributed by atoms with Crippen LogP contribution in [0, 0.1) is 6.33 Å². The van der Waals surface area contributed by atoms with Gasteiger partial charge in [-0.05, 0) is 0 Å². The van der Waals surface area contributed by atoms with Crippen molar-refractivity contribution in [1.29, 1.82) is 0 Å². The van der Waals surface area contributed by atoms with Crippen LogP contribution in [-0.2, 0) is 11.6 Å². The normalized spacial score (nSPS) is 13.0. The molecule has 14 heavy (non-hydrogen) atoms.